The molecule has 0 N–H and O–H groups in total. The highest BCUT2D eigenvalue weighted by atomic mass is 32.2. The summed E-state index contributed by atoms with van der Waals surface area (Å²) in [6.45, 7) is 5.47. The summed E-state index contributed by atoms with van der Waals surface area (Å²) in [5, 5.41) is 0. The van der Waals surface area contributed by atoms with Gasteiger partial charge in [0.05, 0.1) is 6.26 Å². The number of nitrogens with zero attached hydrogens (tertiary/aromatic N) is 1. The van der Waals surface area contributed by atoms with Gasteiger partial charge in [0.25, 0.3) is 0 Å². The summed E-state index contributed by atoms with van der Waals surface area (Å²) in [5.41, 5.74) is 1.37. The predicted molar refractivity (Wildman–Crippen MR) is 54.0 cm³/mol. The lowest BCUT2D eigenvalue weighted by atomic mass is 9.98. The molecule has 0 radical (unpaired) electrons. The van der Waals surface area contributed by atoms with E-state index in [1.54, 1.807) is 0 Å². The first-order chi connectivity index (χ1) is 5.91. The quantitative estimate of drug-likeness (QED) is 0.633. The second-order valence-corrected chi connectivity index (χ2v) is 5.79. The van der Waals surface area contributed by atoms with E-state index >= 15 is 0 Å². The molecule has 0 aromatic heterocycles. The van der Waals surface area contributed by atoms with E-state index < -0.39 is 10.0 Å². The molecular formula is C9H17NO2S. The van der Waals surface area contributed by atoms with Crippen LogP contribution in [0.5, 0.6) is 0 Å². The third kappa shape index (κ3) is 2.81. The Morgan fingerprint density at radius 3 is 2.38 bits per heavy atom. The summed E-state index contributed by atoms with van der Waals surface area (Å²) in [4.78, 5) is 0. The molecule has 0 bridgehead atoms. The minimum absolute atomic E-state index is 0.543. The first-order valence-corrected chi connectivity index (χ1v) is 6.40. The largest absolute Gasteiger partial charge is 0.212 e. The van der Waals surface area contributed by atoms with Gasteiger partial charge in [0.1, 0.15) is 0 Å². The fourth-order valence-corrected chi connectivity index (χ4v) is 2.26. The molecule has 1 heterocycles. The molecular weight excluding hydrogens is 186 g/mol. The van der Waals surface area contributed by atoms with Crippen molar-refractivity contribution >= 4 is 10.0 Å². The normalized spacial score (nSPS) is 20.5. The monoisotopic (exact) mass is 203 g/mol. The van der Waals surface area contributed by atoms with Gasteiger partial charge < -0.3 is 0 Å². The van der Waals surface area contributed by atoms with Crippen molar-refractivity contribution in [3.63, 3.8) is 0 Å². The van der Waals surface area contributed by atoms with Crippen LogP contribution in [-0.4, -0.2) is 32.1 Å². The molecule has 0 saturated carbocycles. The average molecular weight is 203 g/mol. The lowest BCUT2D eigenvalue weighted by Gasteiger charge is -2.25. The van der Waals surface area contributed by atoms with Gasteiger partial charge in [-0.1, -0.05) is 25.5 Å². The molecule has 0 aromatic carbocycles. The highest BCUT2D eigenvalue weighted by Gasteiger charge is 2.20. The van der Waals surface area contributed by atoms with Crippen molar-refractivity contribution in [3.05, 3.63) is 11.6 Å². The Balaban J connectivity index is 2.67. The second-order valence-electron chi connectivity index (χ2n) is 3.80. The van der Waals surface area contributed by atoms with E-state index in [0.717, 1.165) is 6.42 Å². The number of hydrogen-bond acceptors (Lipinski definition) is 2. The average Bonchev–Trinajstić information content (AvgIpc) is 2.03. The third-order valence-electron chi connectivity index (χ3n) is 2.42. The van der Waals surface area contributed by atoms with Gasteiger partial charge in [-0.15, -0.1) is 0 Å². The minimum atomic E-state index is -2.99. The van der Waals surface area contributed by atoms with Crippen molar-refractivity contribution in [1.82, 2.24) is 4.31 Å². The number of rotatable bonds is 2. The van der Waals surface area contributed by atoms with Crippen molar-refractivity contribution in [1.29, 1.82) is 0 Å². The molecule has 0 atom stereocenters. The molecule has 0 fully saturated rings. The molecule has 4 heteroatoms. The maximum Gasteiger partial charge on any atom is 0.211 e. The topological polar surface area (TPSA) is 37.4 Å². The maximum atomic E-state index is 11.2. The highest BCUT2D eigenvalue weighted by molar-refractivity contribution is 7.88. The van der Waals surface area contributed by atoms with Crippen LogP contribution in [0.2, 0.25) is 0 Å². The fourth-order valence-electron chi connectivity index (χ4n) is 1.49. The molecule has 3 nitrogen and oxygen atoms in total. The molecule has 0 unspecified atom stereocenters. The molecule has 0 saturated heterocycles. The fraction of sp³-hybridized carbons (Fsp3) is 0.778. The van der Waals surface area contributed by atoms with Crippen LogP contribution in [0.4, 0.5) is 0 Å². The summed E-state index contributed by atoms with van der Waals surface area (Å²) in [5.74, 6) is 0.543. The molecule has 13 heavy (non-hydrogen) atoms. The van der Waals surface area contributed by atoms with E-state index in [2.05, 4.69) is 13.8 Å². The van der Waals surface area contributed by atoms with Crippen molar-refractivity contribution in [2.75, 3.05) is 19.3 Å². The van der Waals surface area contributed by atoms with Crippen LogP contribution in [0.15, 0.2) is 11.6 Å². The van der Waals surface area contributed by atoms with Crippen LogP contribution in [0.25, 0.3) is 0 Å². The summed E-state index contributed by atoms with van der Waals surface area (Å²) in [6.07, 6.45) is 4.18. The Hall–Kier alpha value is -0.350. The van der Waals surface area contributed by atoms with Crippen molar-refractivity contribution in [3.8, 4) is 0 Å². The minimum Gasteiger partial charge on any atom is -0.212 e. The van der Waals surface area contributed by atoms with Crippen LogP contribution in [0, 0.1) is 5.92 Å². The molecule has 0 spiro atoms. The van der Waals surface area contributed by atoms with Crippen molar-refractivity contribution < 1.29 is 8.42 Å². The molecule has 76 valence electrons. The highest BCUT2D eigenvalue weighted by Crippen LogP contribution is 2.19. The Bertz CT molecular complexity index is 304. The molecule has 1 rings (SSSR count). The summed E-state index contributed by atoms with van der Waals surface area (Å²) >= 11 is 0. The van der Waals surface area contributed by atoms with Crippen LogP contribution in [0.1, 0.15) is 20.3 Å². The molecule has 0 amide bonds. The summed E-state index contributed by atoms with van der Waals surface area (Å²) in [7, 11) is -2.99. The second kappa shape index (κ2) is 3.80. The molecule has 0 aromatic rings. The van der Waals surface area contributed by atoms with Gasteiger partial charge in [-0.05, 0) is 12.3 Å². The predicted octanol–water partition coefficient (Wildman–Crippen LogP) is 1.23. The van der Waals surface area contributed by atoms with Gasteiger partial charge in [0, 0.05) is 13.1 Å². The smallest absolute Gasteiger partial charge is 0.211 e. The summed E-state index contributed by atoms with van der Waals surface area (Å²) in [6, 6.07) is 0. The molecule has 1 aliphatic heterocycles. The zero-order valence-corrected chi connectivity index (χ0v) is 9.26. The first kappa shape index (κ1) is 10.7. The van der Waals surface area contributed by atoms with E-state index in [4.69, 9.17) is 0 Å². The standard InChI is InChI=1S/C9H17NO2S/c1-8(2)9-4-6-10(7-5-9)13(3,11)12/h4,8H,5-7H2,1-3H3. The van der Waals surface area contributed by atoms with E-state index in [1.807, 2.05) is 6.08 Å². The van der Waals surface area contributed by atoms with E-state index in [0.29, 0.717) is 19.0 Å². The van der Waals surface area contributed by atoms with E-state index in [1.165, 1.54) is 16.1 Å². The first-order valence-electron chi connectivity index (χ1n) is 4.55. The van der Waals surface area contributed by atoms with Crippen molar-refractivity contribution in [2.45, 2.75) is 20.3 Å². The third-order valence-corrected chi connectivity index (χ3v) is 3.69. The Labute approximate surface area is 80.5 Å². The number of hydrogen-bond donors (Lipinski definition) is 0. The number of sulfonamides is 1. The van der Waals surface area contributed by atoms with Crippen LogP contribution >= 0.6 is 0 Å². The summed E-state index contributed by atoms with van der Waals surface area (Å²) < 4.78 is 23.8. The molecule has 0 aliphatic carbocycles. The van der Waals surface area contributed by atoms with Crippen molar-refractivity contribution in [2.24, 2.45) is 5.92 Å². The zero-order valence-electron chi connectivity index (χ0n) is 8.45. The van der Waals surface area contributed by atoms with Gasteiger partial charge in [0.15, 0.2) is 0 Å². The SMILES string of the molecule is CC(C)C1=CCN(S(C)(=O)=O)CC1. The Morgan fingerprint density at radius 1 is 1.46 bits per heavy atom. The Morgan fingerprint density at radius 2 is 2.08 bits per heavy atom. The van der Waals surface area contributed by atoms with Gasteiger partial charge in [-0.2, -0.15) is 4.31 Å². The lowest BCUT2D eigenvalue weighted by Crippen LogP contribution is -2.34. The van der Waals surface area contributed by atoms with Crippen LogP contribution in [0.3, 0.4) is 0 Å². The van der Waals surface area contributed by atoms with Crippen LogP contribution in [-0.2, 0) is 10.0 Å². The van der Waals surface area contributed by atoms with Gasteiger partial charge in [0.2, 0.25) is 10.0 Å². The lowest BCUT2D eigenvalue weighted by molar-refractivity contribution is 0.425. The van der Waals surface area contributed by atoms with Gasteiger partial charge in [-0.25, -0.2) is 8.42 Å². The Kier molecular flexibility index (Phi) is 3.14. The van der Waals surface area contributed by atoms with Gasteiger partial charge in [-0.3, -0.25) is 0 Å². The zero-order chi connectivity index (χ0) is 10.1. The van der Waals surface area contributed by atoms with E-state index in [9.17, 15) is 8.42 Å². The molecule has 1 aliphatic rings. The van der Waals surface area contributed by atoms with Crippen LogP contribution < -0.4 is 0 Å². The maximum absolute atomic E-state index is 11.2. The van der Waals surface area contributed by atoms with E-state index in [-0.39, 0.29) is 0 Å². The van der Waals surface area contributed by atoms with Gasteiger partial charge >= 0.3 is 0 Å².